The smallest absolute Gasteiger partial charge is 0.270 e. The monoisotopic (exact) mass is 335 g/mol. The molecule has 2 aromatic carbocycles. The standard InChI is InChI=1S/C21H25N3O/c1-15(2)24(14-16-9-11-18(12-10-16)23(3)4)21(25)20-13-17-7-5-6-8-19(17)22-20/h5-13,15,22H,14H2,1-4H3. The van der Waals surface area contributed by atoms with Gasteiger partial charge in [0, 0.05) is 43.3 Å². The predicted molar refractivity (Wildman–Crippen MR) is 104 cm³/mol. The number of rotatable bonds is 5. The zero-order chi connectivity index (χ0) is 18.0. The third-order valence-corrected chi connectivity index (χ3v) is 4.45. The highest BCUT2D eigenvalue weighted by molar-refractivity contribution is 5.98. The summed E-state index contributed by atoms with van der Waals surface area (Å²) in [6.07, 6.45) is 0. The second kappa shape index (κ2) is 7.01. The zero-order valence-electron chi connectivity index (χ0n) is 15.3. The van der Waals surface area contributed by atoms with Crippen LogP contribution in [0.2, 0.25) is 0 Å². The highest BCUT2D eigenvalue weighted by Gasteiger charge is 2.20. The number of para-hydroxylation sites is 1. The van der Waals surface area contributed by atoms with Gasteiger partial charge in [-0.3, -0.25) is 4.79 Å². The molecular weight excluding hydrogens is 310 g/mol. The summed E-state index contributed by atoms with van der Waals surface area (Å²) in [4.78, 5) is 20.2. The van der Waals surface area contributed by atoms with E-state index in [1.165, 1.54) is 0 Å². The largest absolute Gasteiger partial charge is 0.378 e. The van der Waals surface area contributed by atoms with Gasteiger partial charge in [0.15, 0.2) is 0 Å². The van der Waals surface area contributed by atoms with Gasteiger partial charge in [0.1, 0.15) is 5.69 Å². The molecule has 0 unspecified atom stereocenters. The number of hydrogen-bond donors (Lipinski definition) is 1. The van der Waals surface area contributed by atoms with Crippen molar-refractivity contribution in [3.8, 4) is 0 Å². The number of anilines is 1. The molecule has 0 bridgehead atoms. The lowest BCUT2D eigenvalue weighted by Gasteiger charge is -2.26. The minimum Gasteiger partial charge on any atom is -0.378 e. The fraction of sp³-hybridized carbons (Fsp3) is 0.286. The van der Waals surface area contributed by atoms with E-state index in [0.29, 0.717) is 12.2 Å². The van der Waals surface area contributed by atoms with Crippen molar-refractivity contribution < 1.29 is 4.79 Å². The average Bonchev–Trinajstić information content (AvgIpc) is 3.03. The fourth-order valence-corrected chi connectivity index (χ4v) is 2.93. The summed E-state index contributed by atoms with van der Waals surface area (Å²) < 4.78 is 0. The molecular formula is C21H25N3O. The summed E-state index contributed by atoms with van der Waals surface area (Å²) in [7, 11) is 4.05. The predicted octanol–water partition coefficient (Wildman–Crippen LogP) is 4.28. The zero-order valence-corrected chi connectivity index (χ0v) is 15.3. The summed E-state index contributed by atoms with van der Waals surface area (Å²) >= 11 is 0. The average molecular weight is 335 g/mol. The summed E-state index contributed by atoms with van der Waals surface area (Å²) in [5.74, 6) is 0.0305. The van der Waals surface area contributed by atoms with Gasteiger partial charge in [0.05, 0.1) is 0 Å². The maximum Gasteiger partial charge on any atom is 0.270 e. The first-order valence-corrected chi connectivity index (χ1v) is 8.60. The molecule has 0 saturated heterocycles. The Morgan fingerprint density at radius 2 is 1.72 bits per heavy atom. The first-order valence-electron chi connectivity index (χ1n) is 8.60. The Morgan fingerprint density at radius 1 is 1.04 bits per heavy atom. The molecule has 0 aliphatic rings. The maximum atomic E-state index is 13.0. The summed E-state index contributed by atoms with van der Waals surface area (Å²) in [5, 5.41) is 1.06. The Labute approximate surface area is 149 Å². The van der Waals surface area contributed by atoms with Crippen LogP contribution < -0.4 is 4.90 Å². The Kier molecular flexibility index (Phi) is 4.79. The van der Waals surface area contributed by atoms with Crippen molar-refractivity contribution in [1.29, 1.82) is 0 Å². The van der Waals surface area contributed by atoms with Crippen LogP contribution in [0.25, 0.3) is 10.9 Å². The first kappa shape index (κ1) is 17.1. The molecule has 1 aromatic heterocycles. The van der Waals surface area contributed by atoms with Crippen LogP contribution in [0.3, 0.4) is 0 Å². The van der Waals surface area contributed by atoms with Gasteiger partial charge in [-0.05, 0) is 43.7 Å². The van der Waals surface area contributed by atoms with Crippen LogP contribution >= 0.6 is 0 Å². The van der Waals surface area contributed by atoms with E-state index < -0.39 is 0 Å². The van der Waals surface area contributed by atoms with Gasteiger partial charge in [-0.1, -0.05) is 30.3 Å². The fourth-order valence-electron chi connectivity index (χ4n) is 2.93. The Hall–Kier alpha value is -2.75. The van der Waals surface area contributed by atoms with Crippen LogP contribution in [0.1, 0.15) is 29.9 Å². The van der Waals surface area contributed by atoms with E-state index in [2.05, 4.69) is 48.0 Å². The van der Waals surface area contributed by atoms with E-state index in [1.54, 1.807) is 0 Å². The van der Waals surface area contributed by atoms with Crippen molar-refractivity contribution in [2.75, 3.05) is 19.0 Å². The Morgan fingerprint density at radius 3 is 2.32 bits per heavy atom. The van der Waals surface area contributed by atoms with E-state index in [0.717, 1.165) is 22.2 Å². The molecule has 0 aliphatic carbocycles. The Balaban J connectivity index is 1.83. The van der Waals surface area contributed by atoms with Gasteiger partial charge in [-0.2, -0.15) is 0 Å². The van der Waals surface area contributed by atoms with Crippen molar-refractivity contribution in [2.24, 2.45) is 0 Å². The molecule has 0 saturated carbocycles. The number of benzene rings is 2. The summed E-state index contributed by atoms with van der Waals surface area (Å²) in [6, 6.07) is 18.4. The van der Waals surface area contributed by atoms with Crippen molar-refractivity contribution in [3.05, 3.63) is 65.9 Å². The lowest BCUT2D eigenvalue weighted by atomic mass is 10.1. The minimum atomic E-state index is 0.0305. The third kappa shape index (κ3) is 3.68. The number of aromatic nitrogens is 1. The topological polar surface area (TPSA) is 39.3 Å². The van der Waals surface area contributed by atoms with Crippen molar-refractivity contribution in [3.63, 3.8) is 0 Å². The molecule has 1 heterocycles. The van der Waals surface area contributed by atoms with Gasteiger partial charge >= 0.3 is 0 Å². The molecule has 0 aliphatic heterocycles. The molecule has 0 fully saturated rings. The number of carbonyl (C=O) groups excluding carboxylic acids is 1. The molecule has 130 valence electrons. The van der Waals surface area contributed by atoms with E-state index in [4.69, 9.17) is 0 Å². The molecule has 3 aromatic rings. The van der Waals surface area contributed by atoms with Gasteiger partial charge in [0.25, 0.3) is 5.91 Å². The van der Waals surface area contributed by atoms with Crippen LogP contribution in [0.5, 0.6) is 0 Å². The van der Waals surface area contributed by atoms with Gasteiger partial charge in [0.2, 0.25) is 0 Å². The lowest BCUT2D eigenvalue weighted by Crippen LogP contribution is -2.36. The number of nitrogens with zero attached hydrogens (tertiary/aromatic N) is 2. The SMILES string of the molecule is CC(C)N(Cc1ccc(N(C)C)cc1)C(=O)c1cc2ccccc2[nH]1. The maximum absolute atomic E-state index is 13.0. The first-order chi connectivity index (χ1) is 12.0. The van der Waals surface area contributed by atoms with Gasteiger partial charge in [-0.25, -0.2) is 0 Å². The van der Waals surface area contributed by atoms with Crippen LogP contribution in [0.4, 0.5) is 5.69 Å². The number of fused-ring (bicyclic) bond motifs is 1. The van der Waals surface area contributed by atoms with Crippen molar-refractivity contribution in [1.82, 2.24) is 9.88 Å². The highest BCUT2D eigenvalue weighted by Crippen LogP contribution is 2.19. The molecule has 4 nitrogen and oxygen atoms in total. The van der Waals surface area contributed by atoms with E-state index in [-0.39, 0.29) is 11.9 Å². The molecule has 0 radical (unpaired) electrons. The van der Waals surface area contributed by atoms with Crippen LogP contribution in [0.15, 0.2) is 54.6 Å². The Bertz CT molecular complexity index is 829. The van der Waals surface area contributed by atoms with Crippen LogP contribution in [-0.2, 0) is 6.54 Å². The second-order valence-electron chi connectivity index (χ2n) is 6.86. The van der Waals surface area contributed by atoms with Crippen LogP contribution in [-0.4, -0.2) is 35.9 Å². The number of H-pyrrole nitrogens is 1. The second-order valence-corrected chi connectivity index (χ2v) is 6.86. The van der Waals surface area contributed by atoms with Crippen molar-refractivity contribution >= 4 is 22.5 Å². The quantitative estimate of drug-likeness (QED) is 0.756. The molecule has 25 heavy (non-hydrogen) atoms. The molecule has 1 amide bonds. The summed E-state index contributed by atoms with van der Waals surface area (Å²) in [5.41, 5.74) is 3.91. The number of hydrogen-bond acceptors (Lipinski definition) is 2. The van der Waals surface area contributed by atoms with Crippen molar-refractivity contribution in [2.45, 2.75) is 26.4 Å². The number of nitrogens with one attached hydrogen (secondary N) is 1. The van der Waals surface area contributed by atoms with E-state index in [1.807, 2.05) is 49.3 Å². The van der Waals surface area contributed by atoms with E-state index in [9.17, 15) is 4.79 Å². The molecule has 0 atom stereocenters. The minimum absolute atomic E-state index is 0.0305. The van der Waals surface area contributed by atoms with Crippen LogP contribution in [0, 0.1) is 0 Å². The highest BCUT2D eigenvalue weighted by atomic mass is 16.2. The lowest BCUT2D eigenvalue weighted by molar-refractivity contribution is 0.0685. The third-order valence-electron chi connectivity index (χ3n) is 4.45. The van der Waals surface area contributed by atoms with Gasteiger partial charge in [-0.15, -0.1) is 0 Å². The summed E-state index contributed by atoms with van der Waals surface area (Å²) in [6.45, 7) is 4.70. The number of aromatic amines is 1. The number of amides is 1. The normalized spacial score (nSPS) is 11.1. The number of carbonyl (C=O) groups is 1. The molecule has 1 N–H and O–H groups in total. The van der Waals surface area contributed by atoms with Gasteiger partial charge < -0.3 is 14.8 Å². The molecule has 3 rings (SSSR count). The van der Waals surface area contributed by atoms with E-state index >= 15 is 0 Å². The molecule has 4 heteroatoms. The molecule has 0 spiro atoms.